The van der Waals surface area contributed by atoms with Crippen LogP contribution in [0.4, 0.5) is 5.69 Å². The number of likely N-dealkylation sites (N-methyl/N-ethyl adjacent to an activating group) is 1. The highest BCUT2D eigenvalue weighted by molar-refractivity contribution is 7.89. The number of nitrogens with one attached hydrogen (secondary N) is 1. The monoisotopic (exact) mass is 445 g/mol. The van der Waals surface area contributed by atoms with Gasteiger partial charge in [-0.2, -0.15) is 4.31 Å². The van der Waals surface area contributed by atoms with Crippen LogP contribution in [0.2, 0.25) is 0 Å². The fourth-order valence-electron chi connectivity index (χ4n) is 3.16. The quantitative estimate of drug-likeness (QED) is 0.707. The van der Waals surface area contributed by atoms with Gasteiger partial charge in [-0.05, 0) is 55.3 Å². The first-order valence-electron chi connectivity index (χ1n) is 10.1. The van der Waals surface area contributed by atoms with Crippen LogP contribution >= 0.6 is 0 Å². The van der Waals surface area contributed by atoms with E-state index in [2.05, 4.69) is 5.32 Å². The molecular formula is C22H27N3O5S. The van der Waals surface area contributed by atoms with E-state index in [9.17, 15) is 18.0 Å². The van der Waals surface area contributed by atoms with Crippen LogP contribution in [0.1, 0.15) is 29.6 Å². The second kappa shape index (κ2) is 9.93. The Labute approximate surface area is 182 Å². The van der Waals surface area contributed by atoms with E-state index in [1.807, 2.05) is 0 Å². The van der Waals surface area contributed by atoms with Gasteiger partial charge in [-0.1, -0.05) is 12.5 Å². The number of hydrogen-bond acceptors (Lipinski definition) is 5. The van der Waals surface area contributed by atoms with E-state index in [-0.39, 0.29) is 23.0 Å². The Hall–Kier alpha value is -2.91. The van der Waals surface area contributed by atoms with E-state index in [1.165, 1.54) is 21.3 Å². The molecule has 0 atom stereocenters. The van der Waals surface area contributed by atoms with E-state index < -0.39 is 15.9 Å². The number of hydrogen-bond donors (Lipinski definition) is 1. The number of amides is 2. The lowest BCUT2D eigenvalue weighted by atomic mass is 10.2. The average Bonchev–Trinajstić information content (AvgIpc) is 2.79. The zero-order valence-corrected chi connectivity index (χ0v) is 18.5. The second-order valence-electron chi connectivity index (χ2n) is 7.55. The molecule has 2 aromatic rings. The first-order chi connectivity index (χ1) is 14.8. The smallest absolute Gasteiger partial charge is 0.259 e. The summed E-state index contributed by atoms with van der Waals surface area (Å²) in [4.78, 5) is 25.8. The number of rotatable bonds is 7. The predicted molar refractivity (Wildman–Crippen MR) is 118 cm³/mol. The molecule has 0 aromatic heterocycles. The summed E-state index contributed by atoms with van der Waals surface area (Å²) >= 11 is 0. The van der Waals surface area contributed by atoms with Crippen LogP contribution in [0, 0.1) is 0 Å². The molecule has 0 radical (unpaired) electrons. The zero-order chi connectivity index (χ0) is 22.4. The third kappa shape index (κ3) is 5.83. The summed E-state index contributed by atoms with van der Waals surface area (Å²) < 4.78 is 32.6. The molecule has 1 saturated heterocycles. The Morgan fingerprint density at radius 1 is 1.03 bits per heavy atom. The van der Waals surface area contributed by atoms with Crippen molar-refractivity contribution in [3.8, 4) is 5.75 Å². The first kappa shape index (κ1) is 22.8. The Balaban J connectivity index is 1.65. The summed E-state index contributed by atoms with van der Waals surface area (Å²) in [6, 6.07) is 12.7. The van der Waals surface area contributed by atoms with Crippen molar-refractivity contribution in [1.82, 2.24) is 9.21 Å². The van der Waals surface area contributed by atoms with Crippen molar-refractivity contribution in [3.05, 3.63) is 54.1 Å². The summed E-state index contributed by atoms with van der Waals surface area (Å²) in [6.45, 7) is 0.942. The van der Waals surface area contributed by atoms with Gasteiger partial charge in [-0.25, -0.2) is 8.42 Å². The molecule has 0 aliphatic carbocycles. The molecule has 8 nitrogen and oxygen atoms in total. The molecule has 0 spiro atoms. The van der Waals surface area contributed by atoms with Crippen LogP contribution in [0.25, 0.3) is 0 Å². The van der Waals surface area contributed by atoms with Gasteiger partial charge in [0.25, 0.3) is 11.8 Å². The van der Waals surface area contributed by atoms with Crippen LogP contribution in [-0.2, 0) is 14.8 Å². The zero-order valence-electron chi connectivity index (χ0n) is 17.7. The van der Waals surface area contributed by atoms with E-state index in [1.54, 1.807) is 50.5 Å². The molecule has 1 aliphatic heterocycles. The van der Waals surface area contributed by atoms with Gasteiger partial charge in [-0.15, -0.1) is 0 Å². The lowest BCUT2D eigenvalue weighted by molar-refractivity contribution is -0.130. The number of nitrogens with zero attached hydrogens (tertiary/aromatic N) is 2. The Morgan fingerprint density at radius 2 is 1.71 bits per heavy atom. The lowest BCUT2D eigenvalue weighted by Crippen LogP contribution is -2.35. The van der Waals surface area contributed by atoms with Crippen molar-refractivity contribution in [2.24, 2.45) is 0 Å². The number of piperidine rings is 1. The fraction of sp³-hybridized carbons (Fsp3) is 0.364. The van der Waals surface area contributed by atoms with Crippen LogP contribution in [0.15, 0.2) is 53.4 Å². The molecule has 2 amide bonds. The van der Waals surface area contributed by atoms with E-state index in [4.69, 9.17) is 4.74 Å². The number of ether oxygens (including phenoxy) is 1. The molecule has 0 unspecified atom stereocenters. The third-order valence-electron chi connectivity index (χ3n) is 5.02. The molecule has 0 saturated carbocycles. The summed E-state index contributed by atoms with van der Waals surface area (Å²) in [7, 11) is -0.310. The summed E-state index contributed by atoms with van der Waals surface area (Å²) in [5.74, 6) is -0.0632. The lowest BCUT2D eigenvalue weighted by Gasteiger charge is -2.26. The average molecular weight is 446 g/mol. The van der Waals surface area contributed by atoms with Crippen LogP contribution < -0.4 is 10.1 Å². The molecule has 0 bridgehead atoms. The largest absolute Gasteiger partial charge is 0.484 e. The van der Waals surface area contributed by atoms with Gasteiger partial charge in [-0.3, -0.25) is 9.59 Å². The molecule has 166 valence electrons. The summed E-state index contributed by atoms with van der Waals surface area (Å²) in [5, 5.41) is 2.75. The number of anilines is 1. The minimum Gasteiger partial charge on any atom is -0.484 e. The minimum atomic E-state index is -3.61. The molecule has 9 heteroatoms. The van der Waals surface area contributed by atoms with E-state index >= 15 is 0 Å². The molecular weight excluding hydrogens is 418 g/mol. The molecule has 1 fully saturated rings. The Kier molecular flexibility index (Phi) is 7.29. The van der Waals surface area contributed by atoms with Gasteiger partial charge in [0.05, 0.1) is 4.90 Å². The normalized spacial score (nSPS) is 14.6. The number of carbonyl (C=O) groups is 2. The molecule has 3 rings (SSSR count). The SMILES string of the molecule is CN(C)C(=O)COc1ccc(NC(=O)c2cccc(S(=O)(=O)N3CCCCC3)c2)cc1. The minimum absolute atomic E-state index is 0.0724. The molecule has 2 aromatic carbocycles. The van der Waals surface area contributed by atoms with Crippen molar-refractivity contribution < 1.29 is 22.7 Å². The third-order valence-corrected chi connectivity index (χ3v) is 6.92. The second-order valence-corrected chi connectivity index (χ2v) is 9.49. The summed E-state index contributed by atoms with van der Waals surface area (Å²) in [6.07, 6.45) is 2.73. The van der Waals surface area contributed by atoms with Crippen molar-refractivity contribution in [3.63, 3.8) is 0 Å². The maximum atomic E-state index is 12.9. The highest BCUT2D eigenvalue weighted by Crippen LogP contribution is 2.22. The number of sulfonamides is 1. The molecule has 1 aliphatic rings. The fourth-order valence-corrected chi connectivity index (χ4v) is 4.73. The van der Waals surface area contributed by atoms with Gasteiger partial charge in [0.15, 0.2) is 6.61 Å². The highest BCUT2D eigenvalue weighted by Gasteiger charge is 2.26. The van der Waals surface area contributed by atoms with Gasteiger partial charge in [0, 0.05) is 38.4 Å². The predicted octanol–water partition coefficient (Wildman–Crippen LogP) is 2.58. The Bertz CT molecular complexity index is 1030. The Morgan fingerprint density at radius 3 is 2.35 bits per heavy atom. The standard InChI is InChI=1S/C22H27N3O5S/c1-24(2)21(26)16-30-19-11-9-18(10-12-19)23-22(27)17-7-6-8-20(15-17)31(28,29)25-13-4-3-5-14-25/h6-12,15H,3-5,13-14,16H2,1-2H3,(H,23,27). The molecule has 1 N–H and O–H groups in total. The first-order valence-corrected chi connectivity index (χ1v) is 11.6. The van der Waals surface area contributed by atoms with Crippen LogP contribution in [0.3, 0.4) is 0 Å². The van der Waals surface area contributed by atoms with E-state index in [0.717, 1.165) is 19.3 Å². The van der Waals surface area contributed by atoms with E-state index in [0.29, 0.717) is 24.5 Å². The van der Waals surface area contributed by atoms with Crippen LogP contribution in [-0.4, -0.2) is 63.2 Å². The molecule has 31 heavy (non-hydrogen) atoms. The van der Waals surface area contributed by atoms with Crippen molar-refractivity contribution >= 4 is 27.5 Å². The maximum Gasteiger partial charge on any atom is 0.259 e. The van der Waals surface area contributed by atoms with Gasteiger partial charge in [0.2, 0.25) is 10.0 Å². The molecule has 1 heterocycles. The highest BCUT2D eigenvalue weighted by atomic mass is 32.2. The number of carbonyl (C=O) groups excluding carboxylic acids is 2. The maximum absolute atomic E-state index is 12.9. The van der Waals surface area contributed by atoms with Gasteiger partial charge in [0.1, 0.15) is 5.75 Å². The van der Waals surface area contributed by atoms with Gasteiger partial charge < -0.3 is 15.0 Å². The van der Waals surface area contributed by atoms with Crippen molar-refractivity contribution in [1.29, 1.82) is 0 Å². The van der Waals surface area contributed by atoms with Crippen LogP contribution in [0.5, 0.6) is 5.75 Å². The van der Waals surface area contributed by atoms with Gasteiger partial charge >= 0.3 is 0 Å². The topological polar surface area (TPSA) is 96.0 Å². The number of benzene rings is 2. The van der Waals surface area contributed by atoms with Crippen molar-refractivity contribution in [2.45, 2.75) is 24.2 Å². The summed E-state index contributed by atoms with van der Waals surface area (Å²) in [5.41, 5.74) is 0.788. The van der Waals surface area contributed by atoms with Crippen molar-refractivity contribution in [2.75, 3.05) is 39.1 Å².